The molecule has 0 aromatic heterocycles. The summed E-state index contributed by atoms with van der Waals surface area (Å²) < 4.78 is 0. The summed E-state index contributed by atoms with van der Waals surface area (Å²) in [6.07, 6.45) is 8.76. The summed E-state index contributed by atoms with van der Waals surface area (Å²) in [5.74, 6) is 0.312. The molecule has 0 aliphatic carbocycles. The van der Waals surface area contributed by atoms with Crippen molar-refractivity contribution in [1.29, 1.82) is 0 Å². The first-order valence-electron chi connectivity index (χ1n) is 8.53. The number of nitrogens with zero attached hydrogens (tertiary/aromatic N) is 2. The van der Waals surface area contributed by atoms with Crippen LogP contribution in [-0.4, -0.2) is 47.4 Å². The molecule has 2 heterocycles. The van der Waals surface area contributed by atoms with Crippen LogP contribution in [0.15, 0.2) is 36.4 Å². The van der Waals surface area contributed by atoms with E-state index in [2.05, 4.69) is 46.2 Å². The quantitative estimate of drug-likeness (QED) is 0.852. The van der Waals surface area contributed by atoms with Gasteiger partial charge in [-0.2, -0.15) is 0 Å². The van der Waals surface area contributed by atoms with Gasteiger partial charge in [0.25, 0.3) is 0 Å². The first-order valence-corrected chi connectivity index (χ1v) is 8.53. The minimum absolute atomic E-state index is 0.312. The SMILES string of the molecule is CCC(=O)N1CCC2CCC(C1)N2C/C=C/c1ccccc1. The summed E-state index contributed by atoms with van der Waals surface area (Å²) in [5, 5.41) is 0. The lowest BCUT2D eigenvalue weighted by Crippen LogP contribution is -2.41. The van der Waals surface area contributed by atoms with Crippen molar-refractivity contribution >= 4 is 12.0 Å². The van der Waals surface area contributed by atoms with Gasteiger partial charge in [-0.15, -0.1) is 0 Å². The largest absolute Gasteiger partial charge is 0.341 e. The van der Waals surface area contributed by atoms with Crippen LogP contribution in [0.25, 0.3) is 6.08 Å². The Bertz CT molecular complexity index is 525. The Balaban J connectivity index is 1.62. The fraction of sp³-hybridized carbons (Fsp3) is 0.526. The smallest absolute Gasteiger partial charge is 0.222 e. The molecule has 2 unspecified atom stereocenters. The number of amides is 1. The fourth-order valence-corrected chi connectivity index (χ4v) is 3.79. The molecule has 0 saturated carbocycles. The minimum Gasteiger partial charge on any atom is -0.341 e. The summed E-state index contributed by atoms with van der Waals surface area (Å²) >= 11 is 0. The molecule has 2 aliphatic heterocycles. The number of rotatable bonds is 4. The Morgan fingerprint density at radius 3 is 2.73 bits per heavy atom. The van der Waals surface area contributed by atoms with E-state index >= 15 is 0 Å². The molecule has 22 heavy (non-hydrogen) atoms. The molecular formula is C19H26N2O. The predicted octanol–water partition coefficient (Wildman–Crippen LogP) is 3.18. The maximum Gasteiger partial charge on any atom is 0.222 e. The van der Waals surface area contributed by atoms with Crippen molar-refractivity contribution in [3.63, 3.8) is 0 Å². The predicted molar refractivity (Wildman–Crippen MR) is 90.5 cm³/mol. The lowest BCUT2D eigenvalue weighted by atomic mass is 10.1. The minimum atomic E-state index is 0.312. The third-order valence-electron chi connectivity index (χ3n) is 5.02. The van der Waals surface area contributed by atoms with E-state index in [0.29, 0.717) is 24.4 Å². The highest BCUT2D eigenvalue weighted by Gasteiger charge is 2.37. The van der Waals surface area contributed by atoms with E-state index in [-0.39, 0.29) is 0 Å². The molecule has 0 N–H and O–H groups in total. The average Bonchev–Trinajstić information content (AvgIpc) is 2.82. The molecule has 3 heteroatoms. The number of benzene rings is 1. The summed E-state index contributed by atoms with van der Waals surface area (Å²) in [7, 11) is 0. The van der Waals surface area contributed by atoms with Crippen LogP contribution in [-0.2, 0) is 4.79 Å². The molecule has 1 amide bonds. The van der Waals surface area contributed by atoms with Crippen molar-refractivity contribution in [3.8, 4) is 0 Å². The van der Waals surface area contributed by atoms with Crippen LogP contribution >= 0.6 is 0 Å². The Kier molecular flexibility index (Phi) is 4.94. The monoisotopic (exact) mass is 298 g/mol. The standard InChI is InChI=1S/C19H26N2O/c1-2-19(22)20-14-12-17-10-11-18(15-20)21(17)13-6-9-16-7-4-3-5-8-16/h3-9,17-18H,2,10-15H2,1H3/b9-6+. The van der Waals surface area contributed by atoms with Crippen molar-refractivity contribution in [2.75, 3.05) is 19.6 Å². The lowest BCUT2D eigenvalue weighted by molar-refractivity contribution is -0.131. The molecule has 3 nitrogen and oxygen atoms in total. The van der Waals surface area contributed by atoms with E-state index in [1.807, 2.05) is 13.0 Å². The van der Waals surface area contributed by atoms with Gasteiger partial charge >= 0.3 is 0 Å². The maximum atomic E-state index is 12.0. The van der Waals surface area contributed by atoms with Crippen LogP contribution in [0.3, 0.4) is 0 Å². The van der Waals surface area contributed by atoms with E-state index < -0.39 is 0 Å². The third-order valence-corrected chi connectivity index (χ3v) is 5.02. The topological polar surface area (TPSA) is 23.6 Å². The zero-order valence-corrected chi connectivity index (χ0v) is 13.4. The van der Waals surface area contributed by atoms with Gasteiger partial charge in [0.15, 0.2) is 0 Å². The molecule has 0 radical (unpaired) electrons. The Morgan fingerprint density at radius 1 is 1.18 bits per heavy atom. The van der Waals surface area contributed by atoms with Crippen LogP contribution in [0.4, 0.5) is 0 Å². The molecule has 2 saturated heterocycles. The fourth-order valence-electron chi connectivity index (χ4n) is 3.79. The highest BCUT2D eigenvalue weighted by Crippen LogP contribution is 2.30. The highest BCUT2D eigenvalue weighted by atomic mass is 16.2. The summed E-state index contributed by atoms with van der Waals surface area (Å²) in [6, 6.07) is 11.7. The summed E-state index contributed by atoms with van der Waals surface area (Å²) in [6.45, 7) is 4.82. The molecule has 3 rings (SSSR count). The summed E-state index contributed by atoms with van der Waals surface area (Å²) in [4.78, 5) is 16.7. The molecule has 2 atom stereocenters. The van der Waals surface area contributed by atoms with Crippen LogP contribution in [0.5, 0.6) is 0 Å². The molecule has 2 aliphatic rings. The van der Waals surface area contributed by atoms with Crippen molar-refractivity contribution in [3.05, 3.63) is 42.0 Å². The van der Waals surface area contributed by atoms with Crippen LogP contribution in [0, 0.1) is 0 Å². The number of fused-ring (bicyclic) bond motifs is 2. The normalized spacial score (nSPS) is 25.6. The number of likely N-dealkylation sites (tertiary alicyclic amines) is 1. The van der Waals surface area contributed by atoms with Gasteiger partial charge in [-0.25, -0.2) is 0 Å². The first-order chi connectivity index (χ1) is 10.8. The van der Waals surface area contributed by atoms with Gasteiger partial charge in [0.2, 0.25) is 5.91 Å². The van der Waals surface area contributed by atoms with E-state index in [4.69, 9.17) is 0 Å². The zero-order valence-electron chi connectivity index (χ0n) is 13.4. The van der Waals surface area contributed by atoms with Gasteiger partial charge in [-0.05, 0) is 24.8 Å². The lowest BCUT2D eigenvalue weighted by Gasteiger charge is -2.27. The van der Waals surface area contributed by atoms with Crippen molar-refractivity contribution in [2.45, 2.75) is 44.7 Å². The van der Waals surface area contributed by atoms with Gasteiger partial charge in [0, 0.05) is 38.1 Å². The second kappa shape index (κ2) is 7.10. The van der Waals surface area contributed by atoms with Crippen molar-refractivity contribution in [1.82, 2.24) is 9.80 Å². The van der Waals surface area contributed by atoms with Gasteiger partial charge < -0.3 is 4.90 Å². The molecule has 118 valence electrons. The van der Waals surface area contributed by atoms with Crippen molar-refractivity contribution < 1.29 is 4.79 Å². The molecule has 1 aromatic rings. The van der Waals surface area contributed by atoms with E-state index in [0.717, 1.165) is 26.1 Å². The second-order valence-electron chi connectivity index (χ2n) is 6.38. The zero-order chi connectivity index (χ0) is 15.4. The highest BCUT2D eigenvalue weighted by molar-refractivity contribution is 5.75. The Labute approximate surface area is 133 Å². The molecule has 2 fully saturated rings. The average molecular weight is 298 g/mol. The van der Waals surface area contributed by atoms with Gasteiger partial charge in [0.1, 0.15) is 0 Å². The Hall–Kier alpha value is -1.61. The van der Waals surface area contributed by atoms with E-state index in [1.165, 1.54) is 18.4 Å². The van der Waals surface area contributed by atoms with Crippen LogP contribution in [0.1, 0.15) is 38.2 Å². The van der Waals surface area contributed by atoms with E-state index in [1.54, 1.807) is 0 Å². The molecular weight excluding hydrogens is 272 g/mol. The van der Waals surface area contributed by atoms with Crippen LogP contribution < -0.4 is 0 Å². The molecule has 0 spiro atoms. The van der Waals surface area contributed by atoms with E-state index in [9.17, 15) is 4.79 Å². The molecule has 1 aromatic carbocycles. The van der Waals surface area contributed by atoms with Gasteiger partial charge in [0.05, 0.1) is 0 Å². The summed E-state index contributed by atoms with van der Waals surface area (Å²) in [5.41, 5.74) is 1.26. The third kappa shape index (κ3) is 3.41. The number of carbonyl (C=O) groups is 1. The number of hydrogen-bond donors (Lipinski definition) is 0. The van der Waals surface area contributed by atoms with Gasteiger partial charge in [-0.1, -0.05) is 49.4 Å². The maximum absolute atomic E-state index is 12.0. The van der Waals surface area contributed by atoms with Crippen LogP contribution in [0.2, 0.25) is 0 Å². The number of hydrogen-bond acceptors (Lipinski definition) is 2. The first kappa shape index (κ1) is 15.3. The Morgan fingerprint density at radius 2 is 1.95 bits per heavy atom. The van der Waals surface area contributed by atoms with Crippen molar-refractivity contribution in [2.24, 2.45) is 0 Å². The second-order valence-corrected chi connectivity index (χ2v) is 6.38. The number of carbonyl (C=O) groups excluding carboxylic acids is 1. The van der Waals surface area contributed by atoms with Gasteiger partial charge in [-0.3, -0.25) is 9.69 Å². The molecule has 2 bridgehead atoms.